The first kappa shape index (κ1) is 15.5. The van der Waals surface area contributed by atoms with Gasteiger partial charge in [-0.2, -0.15) is 0 Å². The number of nitrogens with zero attached hydrogens (tertiary/aromatic N) is 4. The monoisotopic (exact) mass is 328 g/mol. The minimum atomic E-state index is 0.687. The molecule has 2 aliphatic heterocycles. The normalized spacial score (nSPS) is 24.6. The van der Waals surface area contributed by atoms with Crippen molar-refractivity contribution in [3.8, 4) is 0 Å². The van der Waals surface area contributed by atoms with Crippen molar-refractivity contribution >= 4 is 28.1 Å². The van der Waals surface area contributed by atoms with Gasteiger partial charge in [0.1, 0.15) is 5.15 Å². The molecule has 0 radical (unpaired) electrons. The maximum absolute atomic E-state index is 6.31. The van der Waals surface area contributed by atoms with Crippen molar-refractivity contribution in [1.82, 2.24) is 14.8 Å². The molecule has 0 saturated carbocycles. The second-order valence-electron chi connectivity index (χ2n) is 6.38. The molecule has 1 aromatic rings. The van der Waals surface area contributed by atoms with E-state index in [-0.39, 0.29) is 0 Å². The summed E-state index contributed by atoms with van der Waals surface area (Å²) in [6.07, 6.45) is 5.42. The SMILES string of the molecule is CN(C)c1nc(Cl)c(CN2CCCC(N3CCCC3)C2)s1. The highest BCUT2D eigenvalue weighted by Crippen LogP contribution is 2.31. The molecule has 2 aliphatic rings. The Morgan fingerprint density at radius 1 is 1.24 bits per heavy atom. The molecule has 1 atom stereocenters. The van der Waals surface area contributed by atoms with Crippen molar-refractivity contribution in [3.63, 3.8) is 0 Å². The lowest BCUT2D eigenvalue weighted by Gasteiger charge is -2.37. The summed E-state index contributed by atoms with van der Waals surface area (Å²) in [5, 5.41) is 1.69. The molecule has 4 nitrogen and oxygen atoms in total. The van der Waals surface area contributed by atoms with Gasteiger partial charge in [0.05, 0.1) is 4.88 Å². The highest BCUT2D eigenvalue weighted by Gasteiger charge is 2.27. The Bertz CT molecular complexity index is 470. The van der Waals surface area contributed by atoms with Crippen LogP contribution in [0.1, 0.15) is 30.6 Å². The van der Waals surface area contributed by atoms with Crippen molar-refractivity contribution in [2.24, 2.45) is 0 Å². The van der Waals surface area contributed by atoms with E-state index in [2.05, 4.69) is 14.8 Å². The summed E-state index contributed by atoms with van der Waals surface area (Å²) >= 11 is 8.03. The lowest BCUT2D eigenvalue weighted by molar-refractivity contribution is 0.111. The van der Waals surface area contributed by atoms with Gasteiger partial charge in [-0.3, -0.25) is 9.80 Å². The molecule has 0 bridgehead atoms. The molecule has 0 aliphatic carbocycles. The van der Waals surface area contributed by atoms with Gasteiger partial charge < -0.3 is 4.90 Å². The molecule has 2 saturated heterocycles. The van der Waals surface area contributed by atoms with Gasteiger partial charge in [0.25, 0.3) is 0 Å². The summed E-state index contributed by atoms with van der Waals surface area (Å²) < 4.78 is 0. The van der Waals surface area contributed by atoms with E-state index >= 15 is 0 Å². The van der Waals surface area contributed by atoms with Crippen LogP contribution in [0.5, 0.6) is 0 Å². The Balaban J connectivity index is 1.61. The summed E-state index contributed by atoms with van der Waals surface area (Å²) in [4.78, 5) is 12.9. The standard InChI is InChI=1S/C15H25ClN4S/c1-18(2)15-17-14(16)13(21-15)11-19-7-5-6-12(10-19)20-8-3-4-9-20/h12H,3-11H2,1-2H3. The first-order valence-corrected chi connectivity index (χ1v) is 9.12. The second kappa shape index (κ2) is 6.82. The maximum atomic E-state index is 6.31. The zero-order valence-corrected chi connectivity index (χ0v) is 14.6. The molecule has 0 spiro atoms. The summed E-state index contributed by atoms with van der Waals surface area (Å²) in [5.74, 6) is 0. The Labute approximate surface area is 136 Å². The van der Waals surface area contributed by atoms with Crippen LogP contribution in [-0.4, -0.2) is 61.1 Å². The second-order valence-corrected chi connectivity index (χ2v) is 7.80. The van der Waals surface area contributed by atoms with Gasteiger partial charge in [0, 0.05) is 33.2 Å². The van der Waals surface area contributed by atoms with Crippen LogP contribution in [0.25, 0.3) is 0 Å². The minimum Gasteiger partial charge on any atom is -0.354 e. The maximum Gasteiger partial charge on any atom is 0.186 e. The van der Waals surface area contributed by atoms with Crippen molar-refractivity contribution in [2.45, 2.75) is 38.3 Å². The number of aromatic nitrogens is 1. The zero-order chi connectivity index (χ0) is 14.8. The van der Waals surface area contributed by atoms with Crippen molar-refractivity contribution in [2.75, 3.05) is 45.2 Å². The Hall–Kier alpha value is -0.360. The van der Waals surface area contributed by atoms with Crippen LogP contribution in [0, 0.1) is 0 Å². The molecule has 3 heterocycles. The molecule has 3 rings (SSSR count). The highest BCUT2D eigenvalue weighted by molar-refractivity contribution is 7.16. The smallest absolute Gasteiger partial charge is 0.186 e. The van der Waals surface area contributed by atoms with Gasteiger partial charge in [0.2, 0.25) is 0 Å². The van der Waals surface area contributed by atoms with Crippen LogP contribution in [0.3, 0.4) is 0 Å². The highest BCUT2D eigenvalue weighted by atomic mass is 35.5. The van der Waals surface area contributed by atoms with Crippen LogP contribution in [0.4, 0.5) is 5.13 Å². The van der Waals surface area contributed by atoms with E-state index in [0.717, 1.165) is 17.7 Å². The fraction of sp³-hybridized carbons (Fsp3) is 0.800. The molecule has 0 N–H and O–H groups in total. The quantitative estimate of drug-likeness (QED) is 0.847. The number of likely N-dealkylation sites (tertiary alicyclic amines) is 2. The number of piperidine rings is 1. The Kier molecular flexibility index (Phi) is 5.04. The zero-order valence-electron chi connectivity index (χ0n) is 13.0. The number of hydrogen-bond acceptors (Lipinski definition) is 5. The predicted molar refractivity (Wildman–Crippen MR) is 90.6 cm³/mol. The molecule has 6 heteroatoms. The van der Waals surface area contributed by atoms with Gasteiger partial charge in [0.15, 0.2) is 5.13 Å². The average Bonchev–Trinajstić information content (AvgIpc) is 3.10. The molecule has 1 aromatic heterocycles. The van der Waals surface area contributed by atoms with Crippen molar-refractivity contribution in [3.05, 3.63) is 10.0 Å². The van der Waals surface area contributed by atoms with Crippen LogP contribution in [-0.2, 0) is 6.54 Å². The lowest BCUT2D eigenvalue weighted by Crippen LogP contribution is -2.46. The topological polar surface area (TPSA) is 22.6 Å². The van der Waals surface area contributed by atoms with Gasteiger partial charge >= 0.3 is 0 Å². The molecule has 2 fully saturated rings. The molecular formula is C15H25ClN4S. The minimum absolute atomic E-state index is 0.687. The average molecular weight is 329 g/mol. The predicted octanol–water partition coefficient (Wildman–Crippen LogP) is 2.92. The van der Waals surface area contributed by atoms with E-state index < -0.39 is 0 Å². The van der Waals surface area contributed by atoms with Crippen molar-refractivity contribution < 1.29 is 0 Å². The van der Waals surface area contributed by atoms with Gasteiger partial charge in [-0.25, -0.2) is 4.98 Å². The summed E-state index contributed by atoms with van der Waals surface area (Å²) in [6.45, 7) is 5.92. The number of rotatable bonds is 4. The van der Waals surface area contributed by atoms with Crippen LogP contribution in [0.15, 0.2) is 0 Å². The third-order valence-electron chi connectivity index (χ3n) is 4.53. The van der Waals surface area contributed by atoms with Crippen LogP contribution >= 0.6 is 22.9 Å². The fourth-order valence-corrected chi connectivity index (χ4v) is 4.62. The molecule has 118 valence electrons. The van der Waals surface area contributed by atoms with E-state index in [1.54, 1.807) is 11.3 Å². The summed E-state index contributed by atoms with van der Waals surface area (Å²) in [7, 11) is 4.03. The lowest BCUT2D eigenvalue weighted by atomic mass is 10.0. The molecule has 1 unspecified atom stereocenters. The van der Waals surface area contributed by atoms with Crippen LogP contribution < -0.4 is 4.90 Å². The van der Waals surface area contributed by atoms with E-state index in [0.29, 0.717) is 5.15 Å². The van der Waals surface area contributed by atoms with E-state index in [1.165, 1.54) is 56.7 Å². The summed E-state index contributed by atoms with van der Waals surface area (Å²) in [6, 6.07) is 0.751. The van der Waals surface area contributed by atoms with Gasteiger partial charge in [-0.1, -0.05) is 22.9 Å². The Morgan fingerprint density at radius 3 is 2.67 bits per heavy atom. The largest absolute Gasteiger partial charge is 0.354 e. The van der Waals surface area contributed by atoms with Crippen LogP contribution in [0.2, 0.25) is 5.15 Å². The third kappa shape index (κ3) is 3.70. The number of halogens is 1. The first-order chi connectivity index (χ1) is 10.1. The molecule has 21 heavy (non-hydrogen) atoms. The third-order valence-corrected chi connectivity index (χ3v) is 6.16. The van der Waals surface area contributed by atoms with E-state index in [1.807, 2.05) is 19.0 Å². The first-order valence-electron chi connectivity index (χ1n) is 7.92. The van der Waals surface area contributed by atoms with E-state index in [9.17, 15) is 0 Å². The molecular weight excluding hydrogens is 304 g/mol. The number of hydrogen-bond donors (Lipinski definition) is 0. The number of anilines is 1. The summed E-state index contributed by atoms with van der Waals surface area (Å²) in [5.41, 5.74) is 0. The molecule has 0 aromatic carbocycles. The van der Waals surface area contributed by atoms with E-state index in [4.69, 9.17) is 11.6 Å². The fourth-order valence-electron chi connectivity index (χ4n) is 3.39. The van der Waals surface area contributed by atoms with Gasteiger partial charge in [-0.05, 0) is 45.3 Å². The Morgan fingerprint density at radius 2 is 2.00 bits per heavy atom. The molecule has 0 amide bonds. The van der Waals surface area contributed by atoms with Gasteiger partial charge in [-0.15, -0.1) is 0 Å². The van der Waals surface area contributed by atoms with Crippen molar-refractivity contribution in [1.29, 1.82) is 0 Å². The number of thiazole rings is 1.